The Labute approximate surface area is 129 Å². The summed E-state index contributed by atoms with van der Waals surface area (Å²) in [6.07, 6.45) is 2.38. The largest absolute Gasteiger partial charge is 0.395 e. The summed E-state index contributed by atoms with van der Waals surface area (Å²) < 4.78 is 26.8. The summed E-state index contributed by atoms with van der Waals surface area (Å²) in [5.41, 5.74) is 0.659. The van der Waals surface area contributed by atoms with Gasteiger partial charge in [-0.05, 0) is 37.5 Å². The second kappa shape index (κ2) is 6.20. The summed E-state index contributed by atoms with van der Waals surface area (Å²) in [5, 5.41) is 9.93. The lowest BCUT2D eigenvalue weighted by atomic mass is 10.1. The average molecular weight is 338 g/mol. The lowest BCUT2D eigenvalue weighted by Gasteiger charge is -2.33. The minimum Gasteiger partial charge on any atom is -0.395 e. The van der Waals surface area contributed by atoms with Crippen LogP contribution in [0.4, 0.5) is 0 Å². The van der Waals surface area contributed by atoms with Crippen LogP contribution in [0.15, 0.2) is 17.0 Å². The third-order valence-corrected chi connectivity index (χ3v) is 6.41. The Morgan fingerprint density at radius 3 is 2.65 bits per heavy atom. The van der Waals surface area contributed by atoms with E-state index >= 15 is 0 Å². The Morgan fingerprint density at radius 1 is 1.30 bits per heavy atom. The van der Waals surface area contributed by atoms with Gasteiger partial charge in [0.1, 0.15) is 4.90 Å². The number of aliphatic hydroxyl groups excluding tert-OH is 1. The van der Waals surface area contributed by atoms with Gasteiger partial charge in [-0.15, -0.1) is 0 Å². The molecule has 1 heterocycles. The summed E-state index contributed by atoms with van der Waals surface area (Å²) >= 11 is 12.0. The molecule has 20 heavy (non-hydrogen) atoms. The molecule has 1 N–H and O–H groups in total. The zero-order valence-electron chi connectivity index (χ0n) is 11.1. The molecular weight excluding hydrogens is 321 g/mol. The van der Waals surface area contributed by atoms with Gasteiger partial charge in [-0.25, -0.2) is 8.42 Å². The molecule has 112 valence electrons. The third kappa shape index (κ3) is 2.97. The van der Waals surface area contributed by atoms with Gasteiger partial charge in [0.25, 0.3) is 0 Å². The molecule has 1 aromatic rings. The van der Waals surface area contributed by atoms with Crippen molar-refractivity contribution in [1.82, 2.24) is 4.31 Å². The highest BCUT2D eigenvalue weighted by molar-refractivity contribution is 7.89. The maximum absolute atomic E-state index is 12.7. The summed E-state index contributed by atoms with van der Waals surface area (Å²) in [4.78, 5) is 0.0569. The van der Waals surface area contributed by atoms with Crippen LogP contribution in [0.5, 0.6) is 0 Å². The monoisotopic (exact) mass is 337 g/mol. The molecule has 0 radical (unpaired) electrons. The SMILES string of the molecule is Cc1cc(S(=O)(=O)N2CCCCC2CO)c(Cl)cc1Cl. The molecule has 0 bridgehead atoms. The molecule has 4 nitrogen and oxygen atoms in total. The summed E-state index contributed by atoms with van der Waals surface area (Å²) in [6.45, 7) is 1.96. The molecule has 2 rings (SSSR count). The van der Waals surface area contributed by atoms with Crippen molar-refractivity contribution < 1.29 is 13.5 Å². The first-order chi connectivity index (χ1) is 9.37. The zero-order valence-corrected chi connectivity index (χ0v) is 13.5. The van der Waals surface area contributed by atoms with Crippen LogP contribution in [-0.4, -0.2) is 37.0 Å². The first-order valence-electron chi connectivity index (χ1n) is 6.46. The zero-order chi connectivity index (χ0) is 14.9. The lowest BCUT2D eigenvalue weighted by Crippen LogP contribution is -2.45. The molecule has 1 aromatic carbocycles. The van der Waals surface area contributed by atoms with E-state index in [1.165, 1.54) is 16.4 Å². The van der Waals surface area contributed by atoms with E-state index in [1.54, 1.807) is 6.92 Å². The normalized spacial score (nSPS) is 21.1. The fraction of sp³-hybridized carbons (Fsp3) is 0.538. The average Bonchev–Trinajstić information content (AvgIpc) is 2.42. The predicted octanol–water partition coefficient (Wildman–Crippen LogP) is 2.84. The highest BCUT2D eigenvalue weighted by Gasteiger charge is 2.34. The number of rotatable bonds is 3. The van der Waals surface area contributed by atoms with E-state index in [4.69, 9.17) is 23.2 Å². The van der Waals surface area contributed by atoms with Crippen LogP contribution >= 0.6 is 23.2 Å². The van der Waals surface area contributed by atoms with Crippen LogP contribution in [0.3, 0.4) is 0 Å². The third-order valence-electron chi connectivity index (χ3n) is 3.58. The number of halogens is 2. The molecule has 1 unspecified atom stereocenters. The minimum absolute atomic E-state index is 0.0569. The van der Waals surface area contributed by atoms with Gasteiger partial charge in [-0.1, -0.05) is 29.6 Å². The Balaban J connectivity index is 2.46. The number of benzene rings is 1. The second-order valence-corrected chi connectivity index (χ2v) is 7.65. The highest BCUT2D eigenvalue weighted by atomic mass is 35.5. The van der Waals surface area contributed by atoms with E-state index in [0.29, 0.717) is 23.6 Å². The van der Waals surface area contributed by atoms with Crippen molar-refractivity contribution in [2.75, 3.05) is 13.2 Å². The number of piperidine rings is 1. The molecule has 1 saturated heterocycles. The first-order valence-corrected chi connectivity index (χ1v) is 8.66. The number of nitrogens with zero attached hydrogens (tertiary/aromatic N) is 1. The number of sulfonamides is 1. The maximum Gasteiger partial charge on any atom is 0.244 e. The maximum atomic E-state index is 12.7. The van der Waals surface area contributed by atoms with Crippen LogP contribution in [-0.2, 0) is 10.0 Å². The standard InChI is InChI=1S/C13H17Cl2NO3S/c1-9-6-13(12(15)7-11(9)14)20(18,19)16-5-3-2-4-10(16)8-17/h6-7,10,17H,2-5,8H2,1H3. The molecule has 0 spiro atoms. The molecule has 1 atom stereocenters. The Bertz CT molecular complexity index is 604. The Morgan fingerprint density at radius 2 is 2.00 bits per heavy atom. The molecule has 0 saturated carbocycles. The molecule has 1 aliphatic rings. The smallest absolute Gasteiger partial charge is 0.244 e. The van der Waals surface area contributed by atoms with Gasteiger partial charge in [0.2, 0.25) is 10.0 Å². The van der Waals surface area contributed by atoms with Crippen molar-refractivity contribution >= 4 is 33.2 Å². The first kappa shape index (κ1) is 16.0. The highest BCUT2D eigenvalue weighted by Crippen LogP contribution is 2.32. The van der Waals surface area contributed by atoms with Crippen LogP contribution < -0.4 is 0 Å². The van der Waals surface area contributed by atoms with Gasteiger partial charge in [-0.3, -0.25) is 0 Å². The predicted molar refractivity (Wildman–Crippen MR) is 79.8 cm³/mol. The Hall–Kier alpha value is -0.330. The summed E-state index contributed by atoms with van der Waals surface area (Å²) in [7, 11) is -3.71. The molecular formula is C13H17Cl2NO3S. The van der Waals surface area contributed by atoms with Crippen molar-refractivity contribution in [3.63, 3.8) is 0 Å². The second-order valence-electron chi connectivity index (χ2n) is 4.98. The van der Waals surface area contributed by atoms with E-state index in [-0.39, 0.29) is 22.6 Å². The molecule has 0 aliphatic carbocycles. The number of hydrogen-bond donors (Lipinski definition) is 1. The number of aryl methyl sites for hydroxylation is 1. The van der Waals surface area contributed by atoms with E-state index in [2.05, 4.69) is 0 Å². The molecule has 1 fully saturated rings. The lowest BCUT2D eigenvalue weighted by molar-refractivity contribution is 0.155. The van der Waals surface area contributed by atoms with E-state index in [1.807, 2.05) is 0 Å². The van der Waals surface area contributed by atoms with Gasteiger partial charge >= 0.3 is 0 Å². The van der Waals surface area contributed by atoms with Crippen molar-refractivity contribution in [1.29, 1.82) is 0 Å². The van der Waals surface area contributed by atoms with Gasteiger partial charge in [0.15, 0.2) is 0 Å². The van der Waals surface area contributed by atoms with Crippen LogP contribution in [0.25, 0.3) is 0 Å². The van der Waals surface area contributed by atoms with E-state index in [0.717, 1.165) is 12.8 Å². The van der Waals surface area contributed by atoms with E-state index in [9.17, 15) is 13.5 Å². The molecule has 0 aromatic heterocycles. The van der Waals surface area contributed by atoms with Crippen molar-refractivity contribution in [2.24, 2.45) is 0 Å². The summed E-state index contributed by atoms with van der Waals surface area (Å²) in [6, 6.07) is 2.56. The van der Waals surface area contributed by atoms with Crippen LogP contribution in [0, 0.1) is 6.92 Å². The minimum atomic E-state index is -3.71. The van der Waals surface area contributed by atoms with Crippen molar-refractivity contribution in [3.8, 4) is 0 Å². The Kier molecular flexibility index (Phi) is 4.97. The van der Waals surface area contributed by atoms with Gasteiger partial charge in [-0.2, -0.15) is 4.31 Å². The van der Waals surface area contributed by atoms with Crippen LogP contribution in [0.1, 0.15) is 24.8 Å². The summed E-state index contributed by atoms with van der Waals surface area (Å²) in [5.74, 6) is 0. The quantitative estimate of drug-likeness (QED) is 0.922. The topological polar surface area (TPSA) is 57.6 Å². The number of aliphatic hydroxyl groups is 1. The van der Waals surface area contributed by atoms with Gasteiger partial charge in [0.05, 0.1) is 11.6 Å². The molecule has 1 aliphatic heterocycles. The molecule has 0 amide bonds. The van der Waals surface area contributed by atoms with Crippen molar-refractivity contribution in [2.45, 2.75) is 37.1 Å². The fourth-order valence-electron chi connectivity index (χ4n) is 2.43. The molecule has 7 heteroatoms. The number of hydrogen-bond acceptors (Lipinski definition) is 3. The van der Waals surface area contributed by atoms with Crippen LogP contribution in [0.2, 0.25) is 10.0 Å². The van der Waals surface area contributed by atoms with Gasteiger partial charge < -0.3 is 5.11 Å². The fourth-order valence-corrected chi connectivity index (χ4v) is 4.92. The van der Waals surface area contributed by atoms with E-state index < -0.39 is 10.0 Å². The van der Waals surface area contributed by atoms with Crippen molar-refractivity contribution in [3.05, 3.63) is 27.7 Å². The van der Waals surface area contributed by atoms with Gasteiger partial charge in [0, 0.05) is 17.6 Å².